The minimum atomic E-state index is -0.0847. The molecule has 102 valence electrons. The highest BCUT2D eigenvalue weighted by molar-refractivity contribution is 5.83. The second kappa shape index (κ2) is 4.56. The van der Waals surface area contributed by atoms with Gasteiger partial charge in [-0.3, -0.25) is 4.79 Å². The molecular formula is C14H15N5O. The van der Waals surface area contributed by atoms with E-state index in [2.05, 4.69) is 15.3 Å². The van der Waals surface area contributed by atoms with Gasteiger partial charge in [-0.1, -0.05) is 18.2 Å². The minimum Gasteiger partial charge on any atom is -0.318 e. The molecule has 0 saturated carbocycles. The van der Waals surface area contributed by atoms with Gasteiger partial charge in [-0.25, -0.2) is 4.68 Å². The molecule has 0 aliphatic rings. The van der Waals surface area contributed by atoms with Crippen molar-refractivity contribution in [1.29, 1.82) is 0 Å². The van der Waals surface area contributed by atoms with Crippen LogP contribution in [0, 0.1) is 6.92 Å². The highest BCUT2D eigenvalue weighted by Crippen LogP contribution is 2.15. The van der Waals surface area contributed by atoms with Crippen molar-refractivity contribution in [3.05, 3.63) is 52.0 Å². The predicted molar refractivity (Wildman–Crippen MR) is 75.5 cm³/mol. The van der Waals surface area contributed by atoms with Crippen LogP contribution in [0.2, 0.25) is 0 Å². The number of fused-ring (bicyclic) bond motifs is 1. The standard InChI is InChI=1S/C14H15N5O/c1-9-15-16-13(18(9)2)8-12-10-6-4-5-7-11(10)14(20)19(3)17-12/h4-7H,8H2,1-3H3. The van der Waals surface area contributed by atoms with Crippen molar-refractivity contribution >= 4 is 10.8 Å². The molecule has 0 radical (unpaired) electrons. The summed E-state index contributed by atoms with van der Waals surface area (Å²) in [6, 6.07) is 7.52. The van der Waals surface area contributed by atoms with Gasteiger partial charge in [-0.15, -0.1) is 10.2 Å². The highest BCUT2D eigenvalue weighted by atomic mass is 16.1. The Balaban J connectivity index is 2.19. The average Bonchev–Trinajstić information content (AvgIpc) is 2.76. The average molecular weight is 269 g/mol. The van der Waals surface area contributed by atoms with E-state index in [0.29, 0.717) is 11.8 Å². The molecule has 0 aliphatic carbocycles. The van der Waals surface area contributed by atoms with Crippen LogP contribution in [0.3, 0.4) is 0 Å². The maximum absolute atomic E-state index is 12.1. The number of nitrogens with zero attached hydrogens (tertiary/aromatic N) is 5. The fraction of sp³-hybridized carbons (Fsp3) is 0.286. The number of hydrogen-bond acceptors (Lipinski definition) is 4. The van der Waals surface area contributed by atoms with E-state index in [-0.39, 0.29) is 5.56 Å². The van der Waals surface area contributed by atoms with E-state index in [4.69, 9.17) is 0 Å². The Hall–Kier alpha value is -2.50. The molecule has 6 heteroatoms. The van der Waals surface area contributed by atoms with E-state index < -0.39 is 0 Å². The molecule has 0 spiro atoms. The van der Waals surface area contributed by atoms with Crippen molar-refractivity contribution in [3.63, 3.8) is 0 Å². The van der Waals surface area contributed by atoms with Gasteiger partial charge in [0, 0.05) is 19.5 Å². The molecule has 0 amide bonds. The first-order chi connectivity index (χ1) is 9.58. The van der Waals surface area contributed by atoms with E-state index in [1.807, 2.05) is 42.8 Å². The molecule has 0 bridgehead atoms. The molecule has 1 aromatic carbocycles. The lowest BCUT2D eigenvalue weighted by atomic mass is 10.1. The summed E-state index contributed by atoms with van der Waals surface area (Å²) in [5.41, 5.74) is 0.747. The van der Waals surface area contributed by atoms with Crippen LogP contribution >= 0.6 is 0 Å². The lowest BCUT2D eigenvalue weighted by Gasteiger charge is -2.07. The first kappa shape index (κ1) is 12.5. The van der Waals surface area contributed by atoms with E-state index in [9.17, 15) is 4.79 Å². The third-order valence-electron chi connectivity index (χ3n) is 3.54. The zero-order valence-electron chi connectivity index (χ0n) is 11.7. The number of rotatable bonds is 2. The number of benzene rings is 1. The Kier molecular flexibility index (Phi) is 2.85. The SMILES string of the molecule is Cc1nnc(Cc2nn(C)c(=O)c3ccccc23)n1C. The first-order valence-electron chi connectivity index (χ1n) is 6.37. The van der Waals surface area contributed by atoms with E-state index in [1.54, 1.807) is 7.05 Å². The highest BCUT2D eigenvalue weighted by Gasteiger charge is 2.12. The Morgan fingerprint density at radius 2 is 1.80 bits per heavy atom. The van der Waals surface area contributed by atoms with Gasteiger partial charge in [-0.2, -0.15) is 5.10 Å². The van der Waals surface area contributed by atoms with Crippen molar-refractivity contribution in [2.45, 2.75) is 13.3 Å². The molecule has 3 aromatic rings. The first-order valence-corrected chi connectivity index (χ1v) is 6.37. The number of aryl methyl sites for hydroxylation is 2. The van der Waals surface area contributed by atoms with Crippen LogP contribution in [0.15, 0.2) is 29.1 Å². The van der Waals surface area contributed by atoms with Gasteiger partial charge >= 0.3 is 0 Å². The molecule has 0 aliphatic heterocycles. The maximum atomic E-state index is 12.1. The molecule has 20 heavy (non-hydrogen) atoms. The topological polar surface area (TPSA) is 65.6 Å². The van der Waals surface area contributed by atoms with Gasteiger partial charge in [0.05, 0.1) is 17.5 Å². The number of aromatic nitrogens is 5. The summed E-state index contributed by atoms with van der Waals surface area (Å²) in [4.78, 5) is 12.1. The quantitative estimate of drug-likeness (QED) is 0.695. The van der Waals surface area contributed by atoms with Gasteiger partial charge in [0.1, 0.15) is 11.6 Å². The maximum Gasteiger partial charge on any atom is 0.274 e. The Bertz CT molecular complexity index is 846. The smallest absolute Gasteiger partial charge is 0.274 e. The minimum absolute atomic E-state index is 0.0847. The van der Waals surface area contributed by atoms with Crippen molar-refractivity contribution in [1.82, 2.24) is 24.5 Å². The largest absolute Gasteiger partial charge is 0.318 e. The summed E-state index contributed by atoms with van der Waals surface area (Å²) in [5.74, 6) is 1.69. The molecule has 2 heterocycles. The van der Waals surface area contributed by atoms with Crippen LogP contribution in [0.5, 0.6) is 0 Å². The summed E-state index contributed by atoms with van der Waals surface area (Å²) in [7, 11) is 3.59. The van der Waals surface area contributed by atoms with Gasteiger partial charge < -0.3 is 4.57 Å². The lowest BCUT2D eigenvalue weighted by Crippen LogP contribution is -2.21. The summed E-state index contributed by atoms with van der Waals surface area (Å²) >= 11 is 0. The Morgan fingerprint density at radius 1 is 1.10 bits per heavy atom. The van der Waals surface area contributed by atoms with Gasteiger partial charge in [-0.05, 0) is 13.0 Å². The van der Waals surface area contributed by atoms with Crippen LogP contribution in [0.1, 0.15) is 17.3 Å². The summed E-state index contributed by atoms with van der Waals surface area (Å²) in [5, 5.41) is 14.1. The zero-order valence-corrected chi connectivity index (χ0v) is 11.7. The van der Waals surface area contributed by atoms with Crippen LogP contribution in [-0.4, -0.2) is 24.5 Å². The third-order valence-corrected chi connectivity index (χ3v) is 3.54. The van der Waals surface area contributed by atoms with Crippen LogP contribution in [-0.2, 0) is 20.5 Å². The molecule has 0 unspecified atom stereocenters. The van der Waals surface area contributed by atoms with E-state index in [1.165, 1.54) is 4.68 Å². The molecule has 0 atom stereocenters. The van der Waals surface area contributed by atoms with Gasteiger partial charge in [0.15, 0.2) is 0 Å². The second-order valence-electron chi connectivity index (χ2n) is 4.82. The number of hydrogen-bond donors (Lipinski definition) is 0. The Morgan fingerprint density at radius 3 is 2.45 bits per heavy atom. The molecule has 0 fully saturated rings. The summed E-state index contributed by atoms with van der Waals surface area (Å²) < 4.78 is 3.31. The summed E-state index contributed by atoms with van der Waals surface area (Å²) in [6.07, 6.45) is 0.548. The van der Waals surface area contributed by atoms with Crippen LogP contribution in [0.25, 0.3) is 10.8 Å². The fourth-order valence-corrected chi connectivity index (χ4v) is 2.26. The molecule has 6 nitrogen and oxygen atoms in total. The van der Waals surface area contributed by atoms with Crippen LogP contribution in [0.4, 0.5) is 0 Å². The van der Waals surface area contributed by atoms with Crippen molar-refractivity contribution in [2.24, 2.45) is 14.1 Å². The molecule has 2 aromatic heterocycles. The third kappa shape index (κ3) is 1.89. The normalized spacial score (nSPS) is 11.2. The molecule has 0 saturated heterocycles. The van der Waals surface area contributed by atoms with Crippen molar-refractivity contribution in [3.8, 4) is 0 Å². The molecule has 0 N–H and O–H groups in total. The van der Waals surface area contributed by atoms with Crippen molar-refractivity contribution in [2.75, 3.05) is 0 Å². The molecular weight excluding hydrogens is 254 g/mol. The van der Waals surface area contributed by atoms with E-state index >= 15 is 0 Å². The van der Waals surface area contributed by atoms with E-state index in [0.717, 1.165) is 22.7 Å². The monoisotopic (exact) mass is 269 g/mol. The summed E-state index contributed by atoms with van der Waals surface area (Å²) in [6.45, 7) is 1.91. The van der Waals surface area contributed by atoms with Crippen LogP contribution < -0.4 is 5.56 Å². The van der Waals surface area contributed by atoms with Gasteiger partial charge in [0.2, 0.25) is 0 Å². The molecule has 3 rings (SSSR count). The Labute approximate surface area is 115 Å². The van der Waals surface area contributed by atoms with Gasteiger partial charge in [0.25, 0.3) is 5.56 Å². The van der Waals surface area contributed by atoms with Crippen molar-refractivity contribution < 1.29 is 0 Å². The zero-order chi connectivity index (χ0) is 14.3. The lowest BCUT2D eigenvalue weighted by molar-refractivity contribution is 0.686. The fourth-order valence-electron chi connectivity index (χ4n) is 2.26. The second-order valence-corrected chi connectivity index (χ2v) is 4.82. The predicted octanol–water partition coefficient (Wildman–Crippen LogP) is 0.961.